The van der Waals surface area contributed by atoms with Crippen LogP contribution in [0.25, 0.3) is 0 Å². The minimum Gasteiger partial charge on any atom is -0.493 e. The van der Waals surface area contributed by atoms with Crippen LogP contribution >= 0.6 is 0 Å². The van der Waals surface area contributed by atoms with Crippen molar-refractivity contribution in [3.05, 3.63) is 23.8 Å². The van der Waals surface area contributed by atoms with Crippen molar-refractivity contribution in [2.45, 2.75) is 25.7 Å². The van der Waals surface area contributed by atoms with Gasteiger partial charge in [-0.05, 0) is 31.0 Å². The molecule has 0 aromatic heterocycles. The van der Waals surface area contributed by atoms with E-state index < -0.39 is 0 Å². The smallest absolute Gasteiger partial charge is 0.305 e. The summed E-state index contributed by atoms with van der Waals surface area (Å²) in [6.45, 7) is 0.564. The first-order valence-corrected chi connectivity index (χ1v) is 7.19. The van der Waals surface area contributed by atoms with Gasteiger partial charge in [0.25, 0.3) is 5.91 Å². The highest BCUT2D eigenvalue weighted by molar-refractivity contribution is 5.94. The van der Waals surface area contributed by atoms with Crippen LogP contribution in [0.4, 0.5) is 0 Å². The zero-order valence-electron chi connectivity index (χ0n) is 13.3. The molecular formula is C16H23NO5. The van der Waals surface area contributed by atoms with Gasteiger partial charge in [-0.3, -0.25) is 9.59 Å². The molecule has 1 amide bonds. The van der Waals surface area contributed by atoms with Crippen LogP contribution in [0.2, 0.25) is 0 Å². The van der Waals surface area contributed by atoms with Crippen molar-refractivity contribution >= 4 is 11.9 Å². The Morgan fingerprint density at radius 2 is 1.73 bits per heavy atom. The van der Waals surface area contributed by atoms with Gasteiger partial charge < -0.3 is 19.5 Å². The van der Waals surface area contributed by atoms with Gasteiger partial charge in [0.05, 0.1) is 21.3 Å². The van der Waals surface area contributed by atoms with Crippen LogP contribution in [0, 0.1) is 0 Å². The van der Waals surface area contributed by atoms with E-state index in [0.29, 0.717) is 30.0 Å². The van der Waals surface area contributed by atoms with Gasteiger partial charge in [0, 0.05) is 18.5 Å². The summed E-state index contributed by atoms with van der Waals surface area (Å²) in [7, 11) is 4.46. The summed E-state index contributed by atoms with van der Waals surface area (Å²) in [6.07, 6.45) is 2.86. The van der Waals surface area contributed by atoms with E-state index in [1.165, 1.54) is 14.2 Å². The summed E-state index contributed by atoms with van der Waals surface area (Å²) in [4.78, 5) is 23.0. The predicted octanol–water partition coefficient (Wildman–Crippen LogP) is 2.17. The number of methoxy groups -OCH3 is 3. The third-order valence-electron chi connectivity index (χ3n) is 3.22. The molecule has 0 unspecified atom stereocenters. The molecule has 0 aliphatic rings. The second-order valence-electron chi connectivity index (χ2n) is 4.71. The largest absolute Gasteiger partial charge is 0.493 e. The molecule has 0 heterocycles. The molecule has 0 radical (unpaired) electrons. The minimum atomic E-state index is -0.200. The fraction of sp³-hybridized carbons (Fsp3) is 0.500. The van der Waals surface area contributed by atoms with Gasteiger partial charge in [-0.25, -0.2) is 0 Å². The van der Waals surface area contributed by atoms with E-state index in [1.807, 2.05) is 0 Å². The molecule has 0 saturated carbocycles. The van der Waals surface area contributed by atoms with E-state index >= 15 is 0 Å². The molecule has 0 aliphatic heterocycles. The van der Waals surface area contributed by atoms with E-state index in [2.05, 4.69) is 10.1 Å². The Labute approximate surface area is 130 Å². The van der Waals surface area contributed by atoms with Gasteiger partial charge >= 0.3 is 5.97 Å². The van der Waals surface area contributed by atoms with Gasteiger partial charge in [-0.2, -0.15) is 0 Å². The molecular weight excluding hydrogens is 286 g/mol. The molecule has 6 heteroatoms. The van der Waals surface area contributed by atoms with Crippen LogP contribution in [-0.4, -0.2) is 39.8 Å². The van der Waals surface area contributed by atoms with Gasteiger partial charge in [0.1, 0.15) is 0 Å². The molecule has 1 aromatic rings. The monoisotopic (exact) mass is 309 g/mol. The normalized spacial score (nSPS) is 9.95. The summed E-state index contributed by atoms with van der Waals surface area (Å²) in [5.41, 5.74) is 0.521. The Morgan fingerprint density at radius 3 is 2.36 bits per heavy atom. The quantitative estimate of drug-likeness (QED) is 0.559. The van der Waals surface area contributed by atoms with E-state index in [-0.39, 0.29) is 11.9 Å². The molecule has 22 heavy (non-hydrogen) atoms. The molecule has 1 N–H and O–H groups in total. The van der Waals surface area contributed by atoms with Gasteiger partial charge in [0.2, 0.25) is 0 Å². The topological polar surface area (TPSA) is 73.9 Å². The van der Waals surface area contributed by atoms with Crippen molar-refractivity contribution in [2.24, 2.45) is 0 Å². The maximum atomic E-state index is 12.0. The molecule has 0 bridgehead atoms. The van der Waals surface area contributed by atoms with E-state index in [1.54, 1.807) is 25.3 Å². The minimum absolute atomic E-state index is 0.158. The first-order chi connectivity index (χ1) is 10.6. The summed E-state index contributed by atoms with van der Waals surface area (Å²) < 4.78 is 14.9. The van der Waals surface area contributed by atoms with Gasteiger partial charge in [-0.15, -0.1) is 0 Å². The van der Waals surface area contributed by atoms with Crippen LogP contribution in [0.5, 0.6) is 11.5 Å². The average molecular weight is 309 g/mol. The Bertz CT molecular complexity index is 501. The van der Waals surface area contributed by atoms with Crippen molar-refractivity contribution in [1.29, 1.82) is 0 Å². The van der Waals surface area contributed by atoms with Crippen molar-refractivity contribution in [3.63, 3.8) is 0 Å². The molecule has 0 atom stereocenters. The lowest BCUT2D eigenvalue weighted by Crippen LogP contribution is -2.24. The van der Waals surface area contributed by atoms with Crippen molar-refractivity contribution in [3.8, 4) is 11.5 Å². The van der Waals surface area contributed by atoms with Gasteiger partial charge in [-0.1, -0.05) is 6.42 Å². The fourth-order valence-corrected chi connectivity index (χ4v) is 1.95. The number of unbranched alkanes of at least 4 members (excludes halogenated alkanes) is 2. The highest BCUT2D eigenvalue weighted by Crippen LogP contribution is 2.27. The number of ether oxygens (including phenoxy) is 3. The molecule has 1 aromatic carbocycles. The zero-order valence-corrected chi connectivity index (χ0v) is 13.3. The maximum Gasteiger partial charge on any atom is 0.305 e. The Kier molecular flexibility index (Phi) is 7.81. The van der Waals surface area contributed by atoms with Gasteiger partial charge in [0.15, 0.2) is 11.5 Å². The van der Waals surface area contributed by atoms with Crippen LogP contribution in [0.15, 0.2) is 18.2 Å². The lowest BCUT2D eigenvalue weighted by molar-refractivity contribution is -0.140. The highest BCUT2D eigenvalue weighted by Gasteiger charge is 2.10. The highest BCUT2D eigenvalue weighted by atomic mass is 16.5. The zero-order chi connectivity index (χ0) is 16.4. The lowest BCUT2D eigenvalue weighted by atomic mass is 10.1. The molecule has 6 nitrogen and oxygen atoms in total. The number of carbonyl (C=O) groups excluding carboxylic acids is 2. The Hall–Kier alpha value is -2.24. The van der Waals surface area contributed by atoms with Crippen LogP contribution < -0.4 is 14.8 Å². The third kappa shape index (κ3) is 5.63. The van der Waals surface area contributed by atoms with Crippen LogP contribution in [0.3, 0.4) is 0 Å². The summed E-state index contributed by atoms with van der Waals surface area (Å²) in [5, 5.41) is 2.84. The number of hydrogen-bond donors (Lipinski definition) is 1. The predicted molar refractivity (Wildman–Crippen MR) is 82.4 cm³/mol. The first kappa shape index (κ1) is 17.8. The average Bonchev–Trinajstić information content (AvgIpc) is 2.56. The van der Waals surface area contributed by atoms with Crippen molar-refractivity contribution < 1.29 is 23.8 Å². The van der Waals surface area contributed by atoms with Crippen molar-refractivity contribution in [2.75, 3.05) is 27.9 Å². The van der Waals surface area contributed by atoms with E-state index in [9.17, 15) is 9.59 Å². The van der Waals surface area contributed by atoms with Crippen LogP contribution in [-0.2, 0) is 9.53 Å². The van der Waals surface area contributed by atoms with Crippen molar-refractivity contribution in [1.82, 2.24) is 5.32 Å². The standard InChI is InChI=1S/C16H23NO5/c1-20-13-9-8-12(11-14(13)21-2)16(19)17-10-6-4-5-7-15(18)22-3/h8-9,11H,4-7,10H2,1-3H3,(H,17,19). The Morgan fingerprint density at radius 1 is 1.00 bits per heavy atom. The second-order valence-corrected chi connectivity index (χ2v) is 4.71. The molecule has 0 spiro atoms. The number of carbonyl (C=O) groups is 2. The summed E-state index contributed by atoms with van der Waals surface area (Å²) in [5.74, 6) is 0.748. The second kappa shape index (κ2) is 9.65. The van der Waals surface area contributed by atoms with E-state index in [0.717, 1.165) is 19.3 Å². The third-order valence-corrected chi connectivity index (χ3v) is 3.22. The summed E-state index contributed by atoms with van der Waals surface area (Å²) >= 11 is 0. The number of rotatable bonds is 9. The maximum absolute atomic E-state index is 12.0. The van der Waals surface area contributed by atoms with Crippen LogP contribution in [0.1, 0.15) is 36.0 Å². The summed E-state index contributed by atoms with van der Waals surface area (Å²) in [6, 6.07) is 5.03. The molecule has 0 saturated heterocycles. The lowest BCUT2D eigenvalue weighted by Gasteiger charge is -2.10. The molecule has 1 rings (SSSR count). The Balaban J connectivity index is 2.35. The number of nitrogens with one attached hydrogen (secondary N) is 1. The number of esters is 1. The number of hydrogen-bond acceptors (Lipinski definition) is 5. The molecule has 122 valence electrons. The SMILES string of the molecule is COC(=O)CCCCCNC(=O)c1ccc(OC)c(OC)c1. The number of benzene rings is 1. The fourth-order valence-electron chi connectivity index (χ4n) is 1.95. The van der Waals surface area contributed by atoms with E-state index in [4.69, 9.17) is 9.47 Å². The first-order valence-electron chi connectivity index (χ1n) is 7.19. The number of amides is 1. The molecule has 0 aliphatic carbocycles. The molecule has 0 fully saturated rings.